The molecule has 0 radical (unpaired) electrons. The lowest BCUT2D eigenvalue weighted by Gasteiger charge is -2.30. The lowest BCUT2D eigenvalue weighted by molar-refractivity contribution is 0.0636. The number of amides is 1. The van der Waals surface area contributed by atoms with Crippen LogP contribution in [-0.4, -0.2) is 41.9 Å². The molecule has 10 nitrogen and oxygen atoms in total. The summed E-state index contributed by atoms with van der Waals surface area (Å²) in [6, 6.07) is 11.0. The van der Waals surface area contributed by atoms with Crippen molar-refractivity contribution in [2.24, 2.45) is 0 Å². The van der Waals surface area contributed by atoms with Crippen LogP contribution in [0.5, 0.6) is 5.75 Å². The molecule has 0 spiro atoms. The van der Waals surface area contributed by atoms with Gasteiger partial charge in [-0.15, -0.1) is 0 Å². The Balaban J connectivity index is 1.51. The Hall–Kier alpha value is -3.92. The maximum atomic E-state index is 12.2. The highest BCUT2D eigenvalue weighted by atomic mass is 35.5. The van der Waals surface area contributed by atoms with E-state index in [1.54, 1.807) is 46.1 Å². The van der Waals surface area contributed by atoms with Crippen molar-refractivity contribution in [3.63, 3.8) is 0 Å². The van der Waals surface area contributed by atoms with E-state index in [1.165, 1.54) is 25.5 Å². The monoisotopic (exact) mass is 539 g/mol. The summed E-state index contributed by atoms with van der Waals surface area (Å²) in [6.45, 7) is 7.43. The lowest BCUT2D eigenvalue weighted by atomic mass is 10.1. The van der Waals surface area contributed by atoms with Crippen LogP contribution in [-0.2, 0) is 4.74 Å². The molecule has 0 aliphatic carbocycles. The zero-order valence-corrected chi connectivity index (χ0v) is 22.9. The Morgan fingerprint density at radius 1 is 1.05 bits per heavy atom. The van der Waals surface area contributed by atoms with Gasteiger partial charge in [0, 0.05) is 24.5 Å². The van der Waals surface area contributed by atoms with Gasteiger partial charge in [-0.1, -0.05) is 11.6 Å². The Morgan fingerprint density at radius 2 is 1.79 bits per heavy atom. The number of hydrogen-bond acceptors (Lipinski definition) is 9. The van der Waals surface area contributed by atoms with Crippen LogP contribution in [0.15, 0.2) is 42.6 Å². The van der Waals surface area contributed by atoms with Gasteiger partial charge in [0.15, 0.2) is 5.82 Å². The number of aromatic nitrogens is 2. The number of hydrogen-bond donors (Lipinski definition) is 4. The van der Waals surface area contributed by atoms with E-state index >= 15 is 0 Å². The van der Waals surface area contributed by atoms with Gasteiger partial charge in [-0.05, 0) is 76.4 Å². The first-order chi connectivity index (χ1) is 18.1. The largest absolute Gasteiger partial charge is 0.495 e. The predicted octanol–water partition coefficient (Wildman–Crippen LogP) is 6.55. The minimum Gasteiger partial charge on any atom is -0.495 e. The third kappa shape index (κ3) is 7.10. The molecule has 1 aromatic heterocycles. The number of methoxy groups -OCH3 is 1. The Bertz CT molecular complexity index is 1290. The van der Waals surface area contributed by atoms with E-state index < -0.39 is 11.7 Å². The van der Waals surface area contributed by atoms with Gasteiger partial charge in [-0.3, -0.25) is 5.32 Å². The topological polar surface area (TPSA) is 127 Å². The summed E-state index contributed by atoms with van der Waals surface area (Å²) < 4.78 is 10.8. The molecule has 1 saturated heterocycles. The smallest absolute Gasteiger partial charge is 0.412 e. The molecule has 1 aliphatic rings. The van der Waals surface area contributed by atoms with E-state index in [4.69, 9.17) is 26.8 Å². The number of piperidine rings is 1. The fourth-order valence-corrected chi connectivity index (χ4v) is 4.27. The highest BCUT2D eigenvalue weighted by molar-refractivity contribution is 6.33. The average molecular weight is 540 g/mol. The molecule has 0 unspecified atom stereocenters. The molecule has 1 aliphatic heterocycles. The number of nitrogens with one attached hydrogen (secondary N) is 3. The van der Waals surface area contributed by atoms with Crippen molar-refractivity contribution in [3.8, 4) is 5.75 Å². The first-order valence-corrected chi connectivity index (χ1v) is 12.9. The fraction of sp³-hybridized carbons (Fsp3) is 0.370. The highest BCUT2D eigenvalue weighted by Gasteiger charge is 2.18. The molecule has 5 N–H and O–H groups in total. The van der Waals surface area contributed by atoms with Gasteiger partial charge in [0.1, 0.15) is 16.4 Å². The Morgan fingerprint density at radius 3 is 2.47 bits per heavy atom. The molecule has 0 bridgehead atoms. The van der Waals surface area contributed by atoms with E-state index in [1.807, 2.05) is 18.2 Å². The number of carbonyl (C=O) groups is 1. The maximum absolute atomic E-state index is 12.2. The minimum atomic E-state index is -0.617. The second-order valence-corrected chi connectivity index (χ2v) is 10.4. The summed E-state index contributed by atoms with van der Waals surface area (Å²) in [5.74, 6) is 1.23. The second-order valence-electron chi connectivity index (χ2n) is 10.0. The molecule has 0 atom stereocenters. The van der Waals surface area contributed by atoms with Crippen LogP contribution in [0.2, 0.25) is 5.02 Å². The van der Waals surface area contributed by atoms with Crippen molar-refractivity contribution < 1.29 is 14.3 Å². The molecule has 3 aromatic rings. The van der Waals surface area contributed by atoms with Crippen molar-refractivity contribution in [2.45, 2.75) is 45.6 Å². The fourth-order valence-electron chi connectivity index (χ4n) is 4.13. The average Bonchev–Trinajstić information content (AvgIpc) is 2.86. The van der Waals surface area contributed by atoms with E-state index in [0.29, 0.717) is 39.6 Å². The van der Waals surface area contributed by atoms with Gasteiger partial charge >= 0.3 is 6.09 Å². The van der Waals surface area contributed by atoms with Crippen molar-refractivity contribution in [1.29, 1.82) is 0 Å². The van der Waals surface area contributed by atoms with Gasteiger partial charge in [-0.2, -0.15) is 4.98 Å². The number of nitrogen functional groups attached to an aromatic ring is 1. The first-order valence-electron chi connectivity index (χ1n) is 12.5. The lowest BCUT2D eigenvalue weighted by Crippen LogP contribution is -2.29. The molecule has 0 saturated carbocycles. The molecule has 38 heavy (non-hydrogen) atoms. The highest BCUT2D eigenvalue weighted by Crippen LogP contribution is 2.34. The summed E-state index contributed by atoms with van der Waals surface area (Å²) in [5.41, 5.74) is 9.31. The third-order valence-electron chi connectivity index (χ3n) is 5.82. The first kappa shape index (κ1) is 27.1. The molecule has 202 valence electrons. The van der Waals surface area contributed by atoms with E-state index in [0.717, 1.165) is 24.5 Å². The molecule has 4 rings (SSSR count). The predicted molar refractivity (Wildman–Crippen MR) is 153 cm³/mol. The van der Waals surface area contributed by atoms with Crippen molar-refractivity contribution in [1.82, 2.24) is 9.97 Å². The number of nitrogens with two attached hydrogens (primary N) is 1. The Labute approximate surface area is 227 Å². The van der Waals surface area contributed by atoms with Crippen LogP contribution in [0.25, 0.3) is 0 Å². The molecule has 2 aromatic carbocycles. The summed E-state index contributed by atoms with van der Waals surface area (Å²) in [5, 5.41) is 9.39. The molecule has 1 fully saturated rings. The zero-order valence-electron chi connectivity index (χ0n) is 22.1. The van der Waals surface area contributed by atoms with Crippen molar-refractivity contribution >= 4 is 57.9 Å². The number of carbonyl (C=O) groups excluding carboxylic acids is 1. The van der Waals surface area contributed by atoms with E-state index in [2.05, 4.69) is 30.8 Å². The van der Waals surface area contributed by atoms with Crippen LogP contribution in [0.1, 0.15) is 40.0 Å². The van der Waals surface area contributed by atoms with Crippen LogP contribution in [0, 0.1) is 0 Å². The summed E-state index contributed by atoms with van der Waals surface area (Å²) in [6.07, 6.45) is 4.55. The van der Waals surface area contributed by atoms with Crippen molar-refractivity contribution in [2.75, 3.05) is 46.8 Å². The minimum absolute atomic E-state index is 0.308. The number of ether oxygens (including phenoxy) is 2. The number of rotatable bonds is 7. The third-order valence-corrected chi connectivity index (χ3v) is 6.10. The van der Waals surface area contributed by atoms with Crippen LogP contribution >= 0.6 is 11.6 Å². The van der Waals surface area contributed by atoms with Crippen molar-refractivity contribution in [3.05, 3.63) is 47.6 Å². The van der Waals surface area contributed by atoms with Crippen LogP contribution in [0.4, 0.5) is 45.0 Å². The number of halogens is 1. The van der Waals surface area contributed by atoms with Gasteiger partial charge in [0.05, 0.1) is 30.4 Å². The van der Waals surface area contributed by atoms with Gasteiger partial charge in [0.25, 0.3) is 0 Å². The summed E-state index contributed by atoms with van der Waals surface area (Å²) in [4.78, 5) is 23.4. The van der Waals surface area contributed by atoms with Crippen LogP contribution < -0.4 is 31.3 Å². The second kappa shape index (κ2) is 11.6. The molecular formula is C27H34ClN7O3. The van der Waals surface area contributed by atoms with E-state index in [-0.39, 0.29) is 0 Å². The summed E-state index contributed by atoms with van der Waals surface area (Å²) in [7, 11) is 1.55. The molecular weight excluding hydrogens is 506 g/mol. The van der Waals surface area contributed by atoms with E-state index in [9.17, 15) is 4.79 Å². The Kier molecular flexibility index (Phi) is 8.31. The zero-order chi connectivity index (χ0) is 27.3. The number of nitrogens with zero attached hydrogens (tertiary/aromatic N) is 3. The SMILES string of the molecule is COc1ccc(NC(=O)OC(C)(C)C)cc1Nc1nc(Nc2ccc(N3CCCCC3)c(N)c2)ncc1Cl. The number of anilines is 7. The standard InChI is InChI=1S/C27H34ClN7O3/c1-27(2,3)38-26(36)32-18-9-11-23(37-4)21(15-18)33-24-19(28)16-30-25(34-24)31-17-8-10-22(20(29)14-17)35-12-6-5-7-13-35/h8-11,14-16H,5-7,12-13,29H2,1-4H3,(H,32,36)(H2,30,31,33,34). The van der Waals surface area contributed by atoms with Gasteiger partial charge in [-0.25, -0.2) is 9.78 Å². The van der Waals surface area contributed by atoms with Gasteiger partial charge in [0.2, 0.25) is 5.95 Å². The normalized spacial score (nSPS) is 13.6. The molecule has 11 heteroatoms. The quantitative estimate of drug-likeness (QED) is 0.247. The van der Waals surface area contributed by atoms with Gasteiger partial charge < -0.3 is 30.7 Å². The summed E-state index contributed by atoms with van der Waals surface area (Å²) >= 11 is 6.40. The molecule has 2 heterocycles. The molecule has 1 amide bonds. The van der Waals surface area contributed by atoms with Crippen LogP contribution in [0.3, 0.4) is 0 Å². The maximum Gasteiger partial charge on any atom is 0.412 e. The number of benzene rings is 2.